The molecule has 1 aliphatic heterocycles. The lowest BCUT2D eigenvalue weighted by Crippen LogP contribution is -2.12. The first-order valence-corrected chi connectivity index (χ1v) is 6.99. The van der Waals surface area contributed by atoms with Gasteiger partial charge in [0.2, 0.25) is 0 Å². The number of carbonyl (C=O) groups excluding carboxylic acids is 1. The average molecular weight is 294 g/mol. The normalized spacial score (nSPS) is 12.5. The van der Waals surface area contributed by atoms with Gasteiger partial charge in [-0.25, -0.2) is 4.98 Å². The van der Waals surface area contributed by atoms with Crippen molar-refractivity contribution < 1.29 is 4.79 Å². The van der Waals surface area contributed by atoms with Crippen LogP contribution in [0.4, 0.5) is 5.82 Å². The smallest absolute Gasteiger partial charge is 0.253 e. The third-order valence-corrected chi connectivity index (χ3v) is 3.43. The summed E-state index contributed by atoms with van der Waals surface area (Å²) in [6.07, 6.45) is 0.479. The van der Waals surface area contributed by atoms with Crippen molar-refractivity contribution in [2.45, 2.75) is 19.9 Å². The molecule has 0 atom stereocenters. The minimum Gasteiger partial charge on any atom is -0.367 e. The second kappa shape index (κ2) is 5.77. The molecule has 1 aromatic heterocycles. The molecule has 2 N–H and O–H groups in total. The van der Waals surface area contributed by atoms with E-state index in [0.717, 1.165) is 11.1 Å². The zero-order valence-electron chi connectivity index (χ0n) is 12.1. The predicted octanol–water partition coefficient (Wildman–Crippen LogP) is 1.01. The van der Waals surface area contributed by atoms with Crippen molar-refractivity contribution in [2.75, 3.05) is 11.9 Å². The standard InChI is InChI=1S/C15H14N6O/c1-2-17-14-12(19-13(7-16)20-21-14)6-9-3-4-10-8-18-15(22)11(10)5-9/h3-5H,2,6,8H2,1H3,(H,17,21)(H,18,22). The van der Waals surface area contributed by atoms with Crippen molar-refractivity contribution in [1.29, 1.82) is 5.26 Å². The van der Waals surface area contributed by atoms with E-state index in [9.17, 15) is 4.79 Å². The Labute approximate surface area is 127 Å². The first kappa shape index (κ1) is 13.9. The van der Waals surface area contributed by atoms with Gasteiger partial charge in [0.05, 0.1) is 5.69 Å². The number of aromatic nitrogens is 3. The maximum atomic E-state index is 11.7. The first-order valence-electron chi connectivity index (χ1n) is 6.99. The summed E-state index contributed by atoms with van der Waals surface area (Å²) in [6.45, 7) is 3.20. The van der Waals surface area contributed by atoms with Gasteiger partial charge in [0.25, 0.3) is 11.7 Å². The molecule has 1 amide bonds. The van der Waals surface area contributed by atoms with Crippen LogP contribution in [-0.4, -0.2) is 27.6 Å². The highest BCUT2D eigenvalue weighted by molar-refractivity contribution is 5.98. The van der Waals surface area contributed by atoms with Gasteiger partial charge in [0.1, 0.15) is 6.07 Å². The topological polar surface area (TPSA) is 104 Å². The van der Waals surface area contributed by atoms with Crippen LogP contribution in [0.5, 0.6) is 0 Å². The van der Waals surface area contributed by atoms with Gasteiger partial charge >= 0.3 is 0 Å². The van der Waals surface area contributed by atoms with Crippen LogP contribution in [0.2, 0.25) is 0 Å². The van der Waals surface area contributed by atoms with E-state index < -0.39 is 0 Å². The Kier molecular flexibility index (Phi) is 3.66. The zero-order valence-corrected chi connectivity index (χ0v) is 12.1. The van der Waals surface area contributed by atoms with Crippen molar-refractivity contribution in [3.8, 4) is 6.07 Å². The van der Waals surface area contributed by atoms with Gasteiger partial charge < -0.3 is 10.6 Å². The maximum Gasteiger partial charge on any atom is 0.253 e. The quantitative estimate of drug-likeness (QED) is 0.872. The fourth-order valence-electron chi connectivity index (χ4n) is 2.40. The van der Waals surface area contributed by atoms with Crippen LogP contribution in [0.25, 0.3) is 0 Å². The Morgan fingerprint density at radius 3 is 3.05 bits per heavy atom. The molecular weight excluding hydrogens is 280 g/mol. The van der Waals surface area contributed by atoms with Crippen molar-refractivity contribution >= 4 is 11.7 Å². The summed E-state index contributed by atoms with van der Waals surface area (Å²) in [4.78, 5) is 16.0. The number of anilines is 1. The molecule has 0 bridgehead atoms. The van der Waals surface area contributed by atoms with Crippen LogP contribution in [0.1, 0.15) is 39.9 Å². The zero-order chi connectivity index (χ0) is 15.5. The summed E-state index contributed by atoms with van der Waals surface area (Å²) in [6, 6.07) is 7.66. The van der Waals surface area contributed by atoms with E-state index in [0.29, 0.717) is 36.6 Å². The highest BCUT2D eigenvalue weighted by Gasteiger charge is 2.19. The highest BCUT2D eigenvalue weighted by atomic mass is 16.1. The molecule has 0 saturated heterocycles. The van der Waals surface area contributed by atoms with Gasteiger partial charge in [-0.05, 0) is 24.1 Å². The van der Waals surface area contributed by atoms with Gasteiger partial charge in [0.15, 0.2) is 5.82 Å². The van der Waals surface area contributed by atoms with E-state index in [1.807, 2.05) is 31.2 Å². The van der Waals surface area contributed by atoms with E-state index in [2.05, 4.69) is 25.8 Å². The molecule has 3 rings (SSSR count). The molecule has 0 radical (unpaired) electrons. The highest BCUT2D eigenvalue weighted by Crippen LogP contribution is 2.20. The second-order valence-electron chi connectivity index (χ2n) is 4.92. The van der Waals surface area contributed by atoms with Crippen LogP contribution < -0.4 is 10.6 Å². The van der Waals surface area contributed by atoms with E-state index in [4.69, 9.17) is 5.26 Å². The lowest BCUT2D eigenvalue weighted by atomic mass is 10.0. The van der Waals surface area contributed by atoms with Gasteiger partial charge in [-0.1, -0.05) is 12.1 Å². The number of carbonyl (C=O) groups is 1. The first-order chi connectivity index (χ1) is 10.7. The maximum absolute atomic E-state index is 11.7. The summed E-state index contributed by atoms with van der Waals surface area (Å²) in [5, 5.41) is 22.5. The fourth-order valence-corrected chi connectivity index (χ4v) is 2.40. The van der Waals surface area contributed by atoms with Crippen LogP contribution in [0, 0.1) is 11.3 Å². The Bertz CT molecular complexity index is 780. The molecule has 7 heteroatoms. The third-order valence-electron chi connectivity index (χ3n) is 3.43. The summed E-state index contributed by atoms with van der Waals surface area (Å²) in [5.41, 5.74) is 3.29. The van der Waals surface area contributed by atoms with Crippen LogP contribution in [-0.2, 0) is 13.0 Å². The van der Waals surface area contributed by atoms with Gasteiger partial charge in [0, 0.05) is 25.1 Å². The lowest BCUT2D eigenvalue weighted by molar-refractivity contribution is 0.0965. The number of rotatable bonds is 4. The van der Waals surface area contributed by atoms with Crippen molar-refractivity contribution in [2.24, 2.45) is 0 Å². The second-order valence-corrected chi connectivity index (χ2v) is 4.92. The number of amides is 1. The molecule has 0 spiro atoms. The number of nitrogens with zero attached hydrogens (tertiary/aromatic N) is 4. The summed E-state index contributed by atoms with van der Waals surface area (Å²) in [7, 11) is 0. The van der Waals surface area contributed by atoms with E-state index in [-0.39, 0.29) is 11.7 Å². The Morgan fingerprint density at radius 1 is 1.41 bits per heavy atom. The Hall–Kier alpha value is -3.01. The van der Waals surface area contributed by atoms with Gasteiger partial charge in [-0.15, -0.1) is 10.2 Å². The number of nitriles is 1. The third kappa shape index (κ3) is 2.59. The summed E-state index contributed by atoms with van der Waals surface area (Å²) < 4.78 is 0. The fraction of sp³-hybridized carbons (Fsp3) is 0.267. The minimum atomic E-state index is -0.0534. The average Bonchev–Trinajstić information content (AvgIpc) is 2.90. The largest absolute Gasteiger partial charge is 0.367 e. The SMILES string of the molecule is CCNc1nnc(C#N)nc1Cc1ccc2c(c1)C(=O)NC2. The van der Waals surface area contributed by atoms with Gasteiger partial charge in [-0.2, -0.15) is 5.26 Å². The Morgan fingerprint density at radius 2 is 2.27 bits per heavy atom. The molecule has 1 aromatic carbocycles. The summed E-state index contributed by atoms with van der Waals surface area (Å²) in [5.74, 6) is 0.546. The molecule has 0 unspecified atom stereocenters. The minimum absolute atomic E-state index is 0.0376. The molecule has 0 saturated carbocycles. The lowest BCUT2D eigenvalue weighted by Gasteiger charge is -2.08. The molecule has 2 aromatic rings. The summed E-state index contributed by atoms with van der Waals surface area (Å²) >= 11 is 0. The molecule has 110 valence electrons. The predicted molar refractivity (Wildman–Crippen MR) is 79.1 cm³/mol. The number of hydrogen-bond acceptors (Lipinski definition) is 6. The van der Waals surface area contributed by atoms with Crippen LogP contribution >= 0.6 is 0 Å². The van der Waals surface area contributed by atoms with Gasteiger partial charge in [-0.3, -0.25) is 4.79 Å². The van der Waals surface area contributed by atoms with Crippen molar-refractivity contribution in [3.05, 3.63) is 46.4 Å². The molecule has 1 aliphatic rings. The number of nitrogens with one attached hydrogen (secondary N) is 2. The van der Waals surface area contributed by atoms with Crippen LogP contribution in [0.3, 0.4) is 0 Å². The molecular formula is C15H14N6O. The van der Waals surface area contributed by atoms with E-state index in [1.54, 1.807) is 0 Å². The number of fused-ring (bicyclic) bond motifs is 1. The number of benzene rings is 1. The molecule has 22 heavy (non-hydrogen) atoms. The van der Waals surface area contributed by atoms with E-state index in [1.165, 1.54) is 0 Å². The van der Waals surface area contributed by atoms with E-state index >= 15 is 0 Å². The number of hydrogen-bond donors (Lipinski definition) is 2. The van der Waals surface area contributed by atoms with Crippen molar-refractivity contribution in [3.63, 3.8) is 0 Å². The molecule has 0 fully saturated rings. The Balaban J connectivity index is 1.94. The molecule has 2 heterocycles. The molecule has 0 aliphatic carbocycles. The van der Waals surface area contributed by atoms with Crippen molar-refractivity contribution in [1.82, 2.24) is 20.5 Å². The monoisotopic (exact) mass is 294 g/mol. The van der Waals surface area contributed by atoms with Crippen LogP contribution in [0.15, 0.2) is 18.2 Å². The molecule has 7 nitrogen and oxygen atoms in total.